The van der Waals surface area contributed by atoms with Crippen LogP contribution in [0.25, 0.3) is 10.8 Å². The second kappa shape index (κ2) is 8.66. The minimum atomic E-state index is -0.927. The molecule has 4 aliphatic rings. The average molecular weight is 508 g/mol. The maximum atomic E-state index is 13.0. The third-order valence-electron chi connectivity index (χ3n) is 9.53. The number of hydrogen-bond acceptors (Lipinski definition) is 2. The lowest BCUT2D eigenvalue weighted by Gasteiger charge is -2.61. The minimum Gasteiger partial charge on any atom is -0.393 e. The summed E-state index contributed by atoms with van der Waals surface area (Å²) in [6.45, 7) is 0. The molecule has 0 heterocycles. The molecule has 0 amide bonds. The Morgan fingerprint density at radius 3 is 2.52 bits per heavy atom. The molecule has 0 spiro atoms. The molecular formula is C30H35BrO2. The molecule has 0 radical (unpaired) electrons. The predicted octanol–water partition coefficient (Wildman–Crippen LogP) is 6.75. The van der Waals surface area contributed by atoms with Crippen LogP contribution in [0.1, 0.15) is 50.5 Å². The molecule has 6 rings (SSSR count). The molecule has 3 heteroatoms. The lowest BCUT2D eigenvalue weighted by atomic mass is 9.47. The van der Waals surface area contributed by atoms with E-state index in [4.69, 9.17) is 0 Å². The summed E-state index contributed by atoms with van der Waals surface area (Å²) < 4.78 is 0. The average Bonchev–Trinajstić information content (AvgIpc) is 2.87. The number of rotatable bonds is 2. The van der Waals surface area contributed by atoms with Crippen molar-refractivity contribution >= 4 is 26.7 Å². The fourth-order valence-corrected chi connectivity index (χ4v) is 9.19. The van der Waals surface area contributed by atoms with Crippen molar-refractivity contribution in [1.82, 2.24) is 0 Å². The summed E-state index contributed by atoms with van der Waals surface area (Å²) in [4.78, 5) is 0.397. The topological polar surface area (TPSA) is 40.5 Å². The maximum absolute atomic E-state index is 13.0. The van der Waals surface area contributed by atoms with E-state index in [9.17, 15) is 10.2 Å². The zero-order valence-corrected chi connectivity index (χ0v) is 20.8. The van der Waals surface area contributed by atoms with Gasteiger partial charge in [0.15, 0.2) is 0 Å². The van der Waals surface area contributed by atoms with Gasteiger partial charge >= 0.3 is 0 Å². The van der Waals surface area contributed by atoms with E-state index in [1.165, 1.54) is 30.0 Å². The summed E-state index contributed by atoms with van der Waals surface area (Å²) in [7, 11) is 0. The Hall–Kier alpha value is -1.42. The van der Waals surface area contributed by atoms with Gasteiger partial charge in [0.25, 0.3) is 0 Å². The maximum Gasteiger partial charge on any atom is 0.0968 e. The van der Waals surface area contributed by atoms with Crippen molar-refractivity contribution < 1.29 is 10.2 Å². The van der Waals surface area contributed by atoms with Crippen LogP contribution in [0.3, 0.4) is 0 Å². The first-order valence-electron chi connectivity index (χ1n) is 12.9. The van der Waals surface area contributed by atoms with Crippen molar-refractivity contribution in [3.05, 3.63) is 72.3 Å². The highest BCUT2D eigenvalue weighted by molar-refractivity contribution is 9.09. The van der Waals surface area contributed by atoms with Crippen LogP contribution in [-0.4, -0.2) is 21.1 Å². The highest BCUT2D eigenvalue weighted by Gasteiger charge is 2.62. The number of aliphatic hydroxyl groups is 2. The number of fused-ring (bicyclic) bond motifs is 3. The minimum absolute atomic E-state index is 0.0546. The van der Waals surface area contributed by atoms with Crippen LogP contribution in [0, 0.1) is 35.5 Å². The Bertz CT molecular complexity index is 1070. The second-order valence-electron chi connectivity index (χ2n) is 10.9. The molecule has 0 saturated heterocycles. The third kappa shape index (κ3) is 3.41. The molecule has 2 N–H and O–H groups in total. The van der Waals surface area contributed by atoms with Crippen molar-refractivity contribution in [2.45, 2.75) is 61.5 Å². The monoisotopic (exact) mass is 506 g/mol. The van der Waals surface area contributed by atoms with Crippen LogP contribution in [0.5, 0.6) is 0 Å². The standard InChI is InChI=1S/C30H35BrO2/c31-26-18-17-25-28(27(26)20-10-2-1-3-11-20)29(32)22-14-6-7-15-24(22)30(25,33)23-16-8-12-19-9-4-5-13-21(19)23/h2,4-10,12-13,16,20,22,24-29,32-33H,1,3,11,14-15,17-18H2. The van der Waals surface area contributed by atoms with Gasteiger partial charge in [-0.15, -0.1) is 0 Å². The van der Waals surface area contributed by atoms with E-state index in [1.807, 2.05) is 0 Å². The van der Waals surface area contributed by atoms with Crippen LogP contribution in [0.4, 0.5) is 0 Å². The number of alkyl halides is 1. The number of halogens is 1. The first-order chi connectivity index (χ1) is 16.1. The molecule has 4 aliphatic carbocycles. The van der Waals surface area contributed by atoms with E-state index in [0.29, 0.717) is 16.7 Å². The summed E-state index contributed by atoms with van der Waals surface area (Å²) in [6.07, 6.45) is 16.2. The van der Waals surface area contributed by atoms with E-state index in [1.54, 1.807) is 0 Å². The van der Waals surface area contributed by atoms with E-state index in [-0.39, 0.29) is 29.8 Å². The fraction of sp³-hybridized carbons (Fsp3) is 0.533. The molecule has 0 bridgehead atoms. The highest BCUT2D eigenvalue weighted by Crippen LogP contribution is 2.62. The highest BCUT2D eigenvalue weighted by atomic mass is 79.9. The molecule has 2 saturated carbocycles. The summed E-state index contributed by atoms with van der Waals surface area (Å²) in [5, 5.41) is 27.3. The quantitative estimate of drug-likeness (QED) is 0.349. The number of aliphatic hydroxyl groups excluding tert-OH is 1. The molecule has 2 fully saturated rings. The van der Waals surface area contributed by atoms with Gasteiger partial charge in [-0.2, -0.15) is 0 Å². The number of benzene rings is 2. The van der Waals surface area contributed by atoms with Gasteiger partial charge in [-0.1, -0.05) is 82.7 Å². The molecule has 33 heavy (non-hydrogen) atoms. The molecule has 0 aromatic heterocycles. The Labute approximate surface area is 205 Å². The lowest BCUT2D eigenvalue weighted by Crippen LogP contribution is -2.63. The van der Waals surface area contributed by atoms with Crippen molar-refractivity contribution in [3.63, 3.8) is 0 Å². The molecule has 174 valence electrons. The zero-order valence-electron chi connectivity index (χ0n) is 19.2. The Morgan fingerprint density at radius 1 is 0.848 bits per heavy atom. The van der Waals surface area contributed by atoms with Crippen LogP contribution in [0.2, 0.25) is 0 Å². The summed E-state index contributed by atoms with van der Waals surface area (Å²) in [5.74, 6) is 1.18. The van der Waals surface area contributed by atoms with E-state index in [2.05, 4.69) is 82.7 Å². The van der Waals surface area contributed by atoms with Gasteiger partial charge in [-0.25, -0.2) is 0 Å². The Kier molecular flexibility index (Phi) is 5.79. The van der Waals surface area contributed by atoms with Crippen molar-refractivity contribution in [2.75, 3.05) is 0 Å². The van der Waals surface area contributed by atoms with Crippen molar-refractivity contribution in [2.24, 2.45) is 35.5 Å². The van der Waals surface area contributed by atoms with Crippen LogP contribution < -0.4 is 0 Å². The van der Waals surface area contributed by atoms with E-state index in [0.717, 1.165) is 31.2 Å². The van der Waals surface area contributed by atoms with Crippen LogP contribution in [0.15, 0.2) is 66.8 Å². The van der Waals surface area contributed by atoms with E-state index < -0.39 is 5.60 Å². The molecule has 2 aromatic rings. The van der Waals surface area contributed by atoms with Gasteiger partial charge in [0.2, 0.25) is 0 Å². The predicted molar refractivity (Wildman–Crippen MR) is 138 cm³/mol. The molecule has 2 aromatic carbocycles. The summed E-state index contributed by atoms with van der Waals surface area (Å²) in [5.41, 5.74) is 0.156. The second-order valence-corrected chi connectivity index (χ2v) is 12.1. The Balaban J connectivity index is 1.53. The smallest absolute Gasteiger partial charge is 0.0968 e. The largest absolute Gasteiger partial charge is 0.393 e. The first kappa shape index (κ1) is 22.1. The van der Waals surface area contributed by atoms with Crippen LogP contribution in [-0.2, 0) is 5.60 Å². The first-order valence-corrected chi connectivity index (χ1v) is 13.9. The van der Waals surface area contributed by atoms with Gasteiger partial charge in [0.05, 0.1) is 11.7 Å². The molecule has 0 aliphatic heterocycles. The van der Waals surface area contributed by atoms with Gasteiger partial charge in [0, 0.05) is 10.7 Å². The molecule has 9 unspecified atom stereocenters. The molecular weight excluding hydrogens is 472 g/mol. The summed E-state index contributed by atoms with van der Waals surface area (Å²) >= 11 is 4.06. The van der Waals surface area contributed by atoms with Crippen molar-refractivity contribution in [1.29, 1.82) is 0 Å². The zero-order chi connectivity index (χ0) is 22.6. The van der Waals surface area contributed by atoms with Crippen molar-refractivity contribution in [3.8, 4) is 0 Å². The van der Waals surface area contributed by atoms with Gasteiger partial charge in [0.1, 0.15) is 0 Å². The van der Waals surface area contributed by atoms with Gasteiger partial charge in [-0.05, 0) is 90.9 Å². The van der Waals surface area contributed by atoms with Crippen LogP contribution >= 0.6 is 15.9 Å². The van der Waals surface area contributed by atoms with E-state index >= 15 is 0 Å². The lowest BCUT2D eigenvalue weighted by molar-refractivity contribution is -0.215. The SMILES string of the molecule is OC1C2CC=CCC2C(O)(c2cccc3ccccc23)C2CCC(Br)C(C3C=CCCC3)C12. The third-order valence-corrected chi connectivity index (χ3v) is 10.6. The van der Waals surface area contributed by atoms with Gasteiger partial charge in [-0.3, -0.25) is 0 Å². The number of allylic oxidation sites excluding steroid dienone is 4. The van der Waals surface area contributed by atoms with Gasteiger partial charge < -0.3 is 10.2 Å². The fourth-order valence-electron chi connectivity index (χ4n) is 8.18. The molecule has 2 nitrogen and oxygen atoms in total. The summed E-state index contributed by atoms with van der Waals surface area (Å²) in [6, 6.07) is 14.9. The Morgan fingerprint density at radius 2 is 1.67 bits per heavy atom. The number of hydrogen-bond donors (Lipinski definition) is 2. The normalized spacial score (nSPS) is 42.6. The molecule has 9 atom stereocenters.